The fourth-order valence-electron chi connectivity index (χ4n) is 0. The maximum atomic E-state index is 4.53. The Bertz CT molecular complexity index is 31.4. The predicted molar refractivity (Wildman–Crippen MR) is 38.9 cm³/mol. The number of allylic oxidation sites excluding steroid dienone is 1. The minimum Gasteiger partial charge on any atom is -0.647 e. The smallest absolute Gasteiger partial charge is 0.379 e. The summed E-state index contributed by atoms with van der Waals surface area (Å²) in [5, 5.41) is 1.00. The molecule has 1 nitrogen and oxygen atoms in total. The van der Waals surface area contributed by atoms with Gasteiger partial charge in [-0.05, 0) is 0 Å². The molecule has 0 amide bonds. The maximum absolute atomic E-state index is 4.53. The predicted octanol–water partition coefficient (Wildman–Crippen LogP) is -1.14. The van der Waals surface area contributed by atoms with Crippen molar-refractivity contribution in [3.05, 3.63) is 12.7 Å². The summed E-state index contributed by atoms with van der Waals surface area (Å²) in [7, 11) is 0. The molecule has 0 aromatic rings. The second-order valence-corrected chi connectivity index (χ2v) is 4.67. The van der Waals surface area contributed by atoms with Gasteiger partial charge in [0.15, 0.2) is 0 Å². The van der Waals surface area contributed by atoms with E-state index in [1.54, 1.807) is 0 Å². The summed E-state index contributed by atoms with van der Waals surface area (Å²) in [6.45, 7) is 3.46. The molecule has 7 heavy (non-hydrogen) atoms. The van der Waals surface area contributed by atoms with Crippen LogP contribution in [0.25, 0.3) is 0 Å². The molecular formula is C3H9Al3O. The van der Waals surface area contributed by atoms with Gasteiger partial charge in [-0.1, -0.05) is 0 Å². The third-order valence-corrected chi connectivity index (χ3v) is 0.500. The molecule has 0 unspecified atom stereocenters. The van der Waals surface area contributed by atoms with Crippen LogP contribution >= 0.6 is 0 Å². The first kappa shape index (κ1) is 11.1. The highest BCUT2D eigenvalue weighted by atomic mass is 27.2. The van der Waals surface area contributed by atoms with Crippen molar-refractivity contribution in [1.82, 2.24) is 0 Å². The first-order valence-electron chi connectivity index (χ1n) is 2.04. The molecule has 0 spiro atoms. The highest BCUT2D eigenvalue weighted by Gasteiger charge is 1.46. The van der Waals surface area contributed by atoms with Crippen molar-refractivity contribution in [2.75, 3.05) is 0 Å². The van der Waals surface area contributed by atoms with Gasteiger partial charge in [0.25, 0.3) is 0 Å². The lowest BCUT2D eigenvalue weighted by atomic mass is 10.8. The van der Waals surface area contributed by atoms with Gasteiger partial charge in [-0.15, -0.1) is 17.9 Å². The summed E-state index contributed by atoms with van der Waals surface area (Å²) >= 11 is 4.40. The van der Waals surface area contributed by atoms with Crippen LogP contribution in [-0.4, -0.2) is 49.5 Å². The first-order chi connectivity index (χ1) is 3.33. The van der Waals surface area contributed by atoms with E-state index in [4.69, 9.17) is 0 Å². The zero-order chi connectivity index (χ0) is 6.12. The zero-order valence-electron chi connectivity index (χ0n) is 4.98. The molecule has 0 fully saturated rings. The Morgan fingerprint density at radius 3 is 1.86 bits per heavy atom. The van der Waals surface area contributed by atoms with Crippen LogP contribution in [0.1, 0.15) is 0 Å². The number of hydrogen-bond acceptors (Lipinski definition) is 1. The van der Waals surface area contributed by atoms with Crippen LogP contribution in [0.5, 0.6) is 0 Å². The molecule has 0 aliphatic rings. The van der Waals surface area contributed by atoms with Crippen LogP contribution in [-0.2, 0) is 2.84 Å². The Balaban J connectivity index is 0. The Hall–Kier alpha value is 1.30. The van der Waals surface area contributed by atoms with Gasteiger partial charge in [-0.3, -0.25) is 0 Å². The lowest BCUT2D eigenvalue weighted by molar-refractivity contribution is 0.690. The van der Waals surface area contributed by atoms with Crippen LogP contribution in [0.15, 0.2) is 12.7 Å². The fraction of sp³-hybridized carbons (Fsp3) is 0.333. The van der Waals surface area contributed by atoms with E-state index in [1.807, 2.05) is 6.08 Å². The Morgan fingerprint density at radius 2 is 1.86 bits per heavy atom. The third-order valence-electron chi connectivity index (χ3n) is 0.167. The lowest BCUT2D eigenvalue weighted by Crippen LogP contribution is -1.65. The van der Waals surface area contributed by atoms with E-state index in [2.05, 4.69) is 25.7 Å². The van der Waals surface area contributed by atoms with E-state index in [0.717, 1.165) is 38.5 Å². The highest BCUT2D eigenvalue weighted by Crippen LogP contribution is 1.61. The van der Waals surface area contributed by atoms with Gasteiger partial charge < -0.3 is 2.84 Å². The minimum absolute atomic E-state index is 0.931. The SMILES string of the molecule is C=C[CH2][Al].[AlH2][O][AlH2]. The quantitative estimate of drug-likeness (QED) is 0.332. The summed E-state index contributed by atoms with van der Waals surface area (Å²) in [6.07, 6.45) is 1.84. The van der Waals surface area contributed by atoms with Crippen molar-refractivity contribution in [2.45, 2.75) is 5.28 Å². The van der Waals surface area contributed by atoms with Crippen LogP contribution in [0.2, 0.25) is 5.28 Å². The largest absolute Gasteiger partial charge is 0.647 e. The van der Waals surface area contributed by atoms with Gasteiger partial charge in [0.05, 0.1) is 0 Å². The molecule has 0 atom stereocenters. The monoisotopic (exact) mass is 142 g/mol. The van der Waals surface area contributed by atoms with Gasteiger partial charge in [0.2, 0.25) is 0 Å². The Kier molecular flexibility index (Phi) is 24.9. The molecule has 0 rings (SSSR count). The summed E-state index contributed by atoms with van der Waals surface area (Å²) < 4.78 is 4.53. The minimum atomic E-state index is 0.931. The van der Waals surface area contributed by atoms with Crippen molar-refractivity contribution >= 4 is 49.5 Å². The average molecular weight is 142 g/mol. The molecule has 0 bridgehead atoms. The number of hydrogen-bond donors (Lipinski definition) is 0. The molecule has 4 heteroatoms. The second kappa shape index (κ2) is 15.7. The third kappa shape index (κ3) is 38.8. The summed E-state index contributed by atoms with van der Waals surface area (Å²) in [6, 6.07) is 0. The molecule has 2 radical (unpaired) electrons. The van der Waals surface area contributed by atoms with Crippen LogP contribution in [0.3, 0.4) is 0 Å². The average Bonchev–Trinajstić information content (AvgIpc) is 1.69. The number of rotatable bonds is 1. The Labute approximate surface area is 70.1 Å². The first-order valence-corrected chi connectivity index (χ1v) is 4.49. The highest BCUT2D eigenvalue weighted by molar-refractivity contribution is 6.15. The van der Waals surface area contributed by atoms with E-state index in [9.17, 15) is 0 Å². The second-order valence-electron chi connectivity index (χ2n) is 0.933. The molecular weight excluding hydrogens is 133 g/mol. The van der Waals surface area contributed by atoms with Gasteiger partial charge in [0.1, 0.15) is 16.3 Å². The molecule has 0 aromatic carbocycles. The van der Waals surface area contributed by atoms with Crippen molar-refractivity contribution < 1.29 is 2.84 Å². The van der Waals surface area contributed by atoms with E-state index < -0.39 is 0 Å². The van der Waals surface area contributed by atoms with E-state index in [-0.39, 0.29) is 0 Å². The lowest BCUT2D eigenvalue weighted by Gasteiger charge is -1.64. The van der Waals surface area contributed by atoms with Crippen molar-refractivity contribution in [3.63, 3.8) is 0 Å². The normalized spacial score (nSPS) is 5.71. The molecule has 0 aliphatic heterocycles. The van der Waals surface area contributed by atoms with Gasteiger partial charge in [-0.25, -0.2) is 0 Å². The van der Waals surface area contributed by atoms with Crippen molar-refractivity contribution in [1.29, 1.82) is 0 Å². The van der Waals surface area contributed by atoms with Gasteiger partial charge >= 0.3 is 33.2 Å². The molecule has 0 saturated heterocycles. The Morgan fingerprint density at radius 1 is 1.71 bits per heavy atom. The standard InChI is InChI=1S/C3H5.3Al.O.4H/c1-3-2;;;;;;;;/h3H,1-2H2;;;;;;;;. The molecule has 0 saturated carbocycles. The van der Waals surface area contributed by atoms with Crippen LogP contribution in [0.4, 0.5) is 0 Å². The molecule has 0 N–H and O–H groups in total. The molecule has 0 heterocycles. The van der Waals surface area contributed by atoms with E-state index in [0.29, 0.717) is 0 Å². The molecule has 0 aliphatic carbocycles. The summed E-state index contributed by atoms with van der Waals surface area (Å²) in [4.78, 5) is 0. The van der Waals surface area contributed by atoms with Crippen molar-refractivity contribution in [2.24, 2.45) is 0 Å². The molecule has 36 valence electrons. The van der Waals surface area contributed by atoms with E-state index >= 15 is 0 Å². The van der Waals surface area contributed by atoms with Crippen LogP contribution < -0.4 is 0 Å². The van der Waals surface area contributed by atoms with Gasteiger partial charge in [-0.2, -0.15) is 0 Å². The van der Waals surface area contributed by atoms with Gasteiger partial charge in [0, 0.05) is 0 Å². The molecule has 0 aromatic heterocycles. The fourth-order valence-corrected chi connectivity index (χ4v) is 0. The summed E-state index contributed by atoms with van der Waals surface area (Å²) in [5.74, 6) is 0. The van der Waals surface area contributed by atoms with Crippen molar-refractivity contribution in [3.8, 4) is 0 Å². The van der Waals surface area contributed by atoms with E-state index in [1.165, 1.54) is 0 Å². The maximum Gasteiger partial charge on any atom is 0.379 e. The topological polar surface area (TPSA) is 9.23 Å². The van der Waals surface area contributed by atoms with Crippen LogP contribution in [0, 0.1) is 0 Å². The summed E-state index contributed by atoms with van der Waals surface area (Å²) in [5.41, 5.74) is 0. The zero-order valence-corrected chi connectivity index (χ0v) is 10.1.